The third-order valence-corrected chi connectivity index (χ3v) is 2.95. The van der Waals surface area contributed by atoms with Crippen LogP contribution in [0, 0.1) is 0 Å². The molecule has 0 atom stereocenters. The van der Waals surface area contributed by atoms with Crippen LogP contribution >= 0.6 is 15.9 Å². The Hall–Kier alpha value is -0.580. The van der Waals surface area contributed by atoms with E-state index in [1.807, 2.05) is 0 Å². The number of hydrogen-bond donors (Lipinski definition) is 2. The van der Waals surface area contributed by atoms with Gasteiger partial charge in [-0.2, -0.15) is 0 Å². The van der Waals surface area contributed by atoms with Gasteiger partial charge in [0.2, 0.25) is 11.8 Å². The summed E-state index contributed by atoms with van der Waals surface area (Å²) in [4.78, 5) is 22.2. The maximum Gasteiger partial charge on any atom is 0.243 e. The number of rotatable bonds is 8. The second-order valence-electron chi connectivity index (χ2n) is 3.65. The van der Waals surface area contributed by atoms with Crippen LogP contribution in [-0.4, -0.2) is 29.7 Å². The fraction of sp³-hybridized carbons (Fsp3) is 0.818. The van der Waals surface area contributed by atoms with Gasteiger partial charge in [0.05, 0.1) is 0 Å². The molecule has 0 radical (unpaired) electrons. The smallest absolute Gasteiger partial charge is 0.243 e. The minimum atomic E-state index is -0.777. The summed E-state index contributed by atoms with van der Waals surface area (Å²) in [7, 11) is 0. The molecule has 5 heteroatoms. The van der Waals surface area contributed by atoms with Crippen molar-refractivity contribution in [2.75, 3.05) is 13.1 Å². The Kier molecular flexibility index (Phi) is 9.28. The predicted molar refractivity (Wildman–Crippen MR) is 68.6 cm³/mol. The molecule has 0 aromatic heterocycles. The minimum absolute atomic E-state index is 0.262. The average molecular weight is 293 g/mol. The number of alkyl halides is 1. The summed E-state index contributed by atoms with van der Waals surface area (Å²) in [6.45, 7) is 5.35. The van der Waals surface area contributed by atoms with E-state index in [0.29, 0.717) is 13.1 Å². The van der Waals surface area contributed by atoms with E-state index in [4.69, 9.17) is 0 Å². The van der Waals surface area contributed by atoms with E-state index in [1.165, 1.54) is 0 Å². The van der Waals surface area contributed by atoms with Crippen LogP contribution in [0.25, 0.3) is 0 Å². The molecule has 0 fully saturated rings. The van der Waals surface area contributed by atoms with Crippen LogP contribution < -0.4 is 10.6 Å². The van der Waals surface area contributed by atoms with Crippen LogP contribution in [0.1, 0.15) is 39.5 Å². The number of nitrogens with one attached hydrogen (secondary N) is 2. The molecule has 0 heterocycles. The minimum Gasteiger partial charge on any atom is -0.355 e. The van der Waals surface area contributed by atoms with Crippen molar-refractivity contribution in [3.63, 3.8) is 0 Å². The number of hydrogen-bond acceptors (Lipinski definition) is 2. The molecule has 0 aromatic rings. The van der Waals surface area contributed by atoms with Crippen LogP contribution in [0.3, 0.4) is 0 Å². The van der Waals surface area contributed by atoms with E-state index in [0.717, 1.165) is 25.7 Å². The first-order valence-electron chi connectivity index (χ1n) is 5.83. The zero-order chi connectivity index (χ0) is 12.4. The highest BCUT2D eigenvalue weighted by Crippen LogP contribution is 2.00. The molecule has 0 aromatic carbocycles. The number of amides is 2. The van der Waals surface area contributed by atoms with Crippen molar-refractivity contribution in [3.8, 4) is 0 Å². The lowest BCUT2D eigenvalue weighted by molar-refractivity contribution is -0.128. The van der Waals surface area contributed by atoms with E-state index in [9.17, 15) is 9.59 Å². The number of carbonyl (C=O) groups is 2. The van der Waals surface area contributed by atoms with Gasteiger partial charge in [0, 0.05) is 13.1 Å². The van der Waals surface area contributed by atoms with Crippen LogP contribution in [-0.2, 0) is 9.59 Å². The Labute approximate surface area is 106 Å². The fourth-order valence-electron chi connectivity index (χ4n) is 1.08. The standard InChI is InChI=1S/C11H21BrN2O2/c1-3-5-7-13-10(15)9(12)11(16)14-8-6-4-2/h9H,3-8H2,1-2H3,(H,13,15)(H,14,16). The number of carbonyl (C=O) groups excluding carboxylic acids is 2. The first kappa shape index (κ1) is 15.4. The topological polar surface area (TPSA) is 58.2 Å². The van der Waals surface area contributed by atoms with E-state index in [1.54, 1.807) is 0 Å². The van der Waals surface area contributed by atoms with Crippen molar-refractivity contribution in [2.45, 2.75) is 44.4 Å². The van der Waals surface area contributed by atoms with Crippen molar-refractivity contribution in [1.29, 1.82) is 0 Å². The first-order valence-corrected chi connectivity index (χ1v) is 6.74. The Morgan fingerprint density at radius 3 is 1.69 bits per heavy atom. The molecule has 4 nitrogen and oxygen atoms in total. The molecule has 2 amide bonds. The molecule has 0 bridgehead atoms. The molecule has 0 saturated heterocycles. The van der Waals surface area contributed by atoms with Crippen LogP contribution in [0.5, 0.6) is 0 Å². The molecule has 0 saturated carbocycles. The maximum atomic E-state index is 11.5. The van der Waals surface area contributed by atoms with Gasteiger partial charge in [-0.1, -0.05) is 42.6 Å². The fourth-order valence-corrected chi connectivity index (χ4v) is 1.40. The highest BCUT2D eigenvalue weighted by Gasteiger charge is 2.22. The summed E-state index contributed by atoms with van der Waals surface area (Å²) in [5, 5.41) is 5.42. The molecule has 16 heavy (non-hydrogen) atoms. The summed E-state index contributed by atoms with van der Waals surface area (Å²) >= 11 is 3.09. The molecule has 0 spiro atoms. The van der Waals surface area contributed by atoms with Crippen molar-refractivity contribution in [2.24, 2.45) is 0 Å². The lowest BCUT2D eigenvalue weighted by Crippen LogP contribution is -2.42. The Morgan fingerprint density at radius 1 is 1.00 bits per heavy atom. The SMILES string of the molecule is CCCCNC(=O)C(Br)C(=O)NCCCC. The lowest BCUT2D eigenvalue weighted by Gasteiger charge is -2.10. The molecular formula is C11H21BrN2O2. The van der Waals surface area contributed by atoms with Gasteiger partial charge < -0.3 is 10.6 Å². The highest BCUT2D eigenvalue weighted by molar-refractivity contribution is 9.10. The van der Waals surface area contributed by atoms with Crippen molar-refractivity contribution in [1.82, 2.24) is 10.6 Å². The molecule has 2 N–H and O–H groups in total. The molecule has 0 aliphatic rings. The largest absolute Gasteiger partial charge is 0.355 e. The van der Waals surface area contributed by atoms with Crippen LogP contribution in [0.15, 0.2) is 0 Å². The molecule has 0 aliphatic heterocycles. The third-order valence-electron chi connectivity index (χ3n) is 2.12. The van der Waals surface area contributed by atoms with Crippen molar-refractivity contribution < 1.29 is 9.59 Å². The molecule has 0 aliphatic carbocycles. The van der Waals surface area contributed by atoms with Gasteiger partial charge in [0.15, 0.2) is 4.83 Å². The second kappa shape index (κ2) is 9.63. The Morgan fingerprint density at radius 2 is 1.38 bits per heavy atom. The quantitative estimate of drug-likeness (QED) is 0.405. The third kappa shape index (κ3) is 6.82. The molecular weight excluding hydrogens is 272 g/mol. The summed E-state index contributed by atoms with van der Waals surface area (Å²) in [5.41, 5.74) is 0. The van der Waals surface area contributed by atoms with Gasteiger partial charge >= 0.3 is 0 Å². The monoisotopic (exact) mass is 292 g/mol. The molecule has 0 unspecified atom stereocenters. The van der Waals surface area contributed by atoms with Gasteiger partial charge in [-0.25, -0.2) is 0 Å². The normalized spacial score (nSPS) is 10.2. The first-order chi connectivity index (χ1) is 7.63. The summed E-state index contributed by atoms with van der Waals surface area (Å²) in [5.74, 6) is -0.523. The van der Waals surface area contributed by atoms with Crippen molar-refractivity contribution in [3.05, 3.63) is 0 Å². The Balaban J connectivity index is 3.78. The van der Waals surface area contributed by atoms with E-state index < -0.39 is 4.83 Å². The summed E-state index contributed by atoms with van der Waals surface area (Å²) < 4.78 is 0. The Bertz CT molecular complexity index is 200. The van der Waals surface area contributed by atoms with Gasteiger partial charge in [0.1, 0.15) is 0 Å². The van der Waals surface area contributed by atoms with E-state index in [-0.39, 0.29) is 11.8 Å². The number of halogens is 1. The van der Waals surface area contributed by atoms with Gasteiger partial charge in [0.25, 0.3) is 0 Å². The zero-order valence-electron chi connectivity index (χ0n) is 10.0. The second-order valence-corrected chi connectivity index (χ2v) is 4.57. The van der Waals surface area contributed by atoms with Gasteiger partial charge in [-0.05, 0) is 12.8 Å². The van der Waals surface area contributed by atoms with Gasteiger partial charge in [-0.3, -0.25) is 9.59 Å². The lowest BCUT2D eigenvalue weighted by atomic mass is 10.3. The van der Waals surface area contributed by atoms with Crippen LogP contribution in [0.2, 0.25) is 0 Å². The van der Waals surface area contributed by atoms with E-state index in [2.05, 4.69) is 40.4 Å². The number of unbranched alkanes of at least 4 members (excludes halogenated alkanes) is 2. The zero-order valence-corrected chi connectivity index (χ0v) is 11.6. The average Bonchev–Trinajstić information content (AvgIpc) is 2.28. The van der Waals surface area contributed by atoms with Gasteiger partial charge in [-0.15, -0.1) is 0 Å². The molecule has 94 valence electrons. The molecule has 0 rings (SSSR count). The van der Waals surface area contributed by atoms with Crippen molar-refractivity contribution >= 4 is 27.7 Å². The predicted octanol–water partition coefficient (Wildman–Crippen LogP) is 1.58. The van der Waals surface area contributed by atoms with E-state index >= 15 is 0 Å². The highest BCUT2D eigenvalue weighted by atomic mass is 79.9. The van der Waals surface area contributed by atoms with Crippen LogP contribution in [0.4, 0.5) is 0 Å². The summed E-state index contributed by atoms with van der Waals surface area (Å²) in [6.07, 6.45) is 3.91. The maximum absolute atomic E-state index is 11.5. The summed E-state index contributed by atoms with van der Waals surface area (Å²) in [6, 6.07) is 0.